The molecule has 1 rings (SSSR count). The second kappa shape index (κ2) is 3.68. The molecule has 13 heavy (non-hydrogen) atoms. The van der Waals surface area contributed by atoms with Crippen molar-refractivity contribution in [2.45, 2.75) is 6.42 Å². The van der Waals surface area contributed by atoms with Gasteiger partial charge in [0.15, 0.2) is 0 Å². The first-order valence-electron chi connectivity index (χ1n) is 3.54. The molecule has 0 aliphatic rings. The maximum Gasteiger partial charge on any atom is 0.335 e. The number of halogens is 1. The molecule has 0 radical (unpaired) electrons. The number of aromatic carboxylic acids is 1. The van der Waals surface area contributed by atoms with Crippen LogP contribution < -0.4 is 0 Å². The molecule has 0 saturated heterocycles. The highest BCUT2D eigenvalue weighted by Gasteiger charge is 2.07. The van der Waals surface area contributed by atoms with E-state index >= 15 is 0 Å². The van der Waals surface area contributed by atoms with Crippen molar-refractivity contribution in [3.8, 4) is 6.07 Å². The van der Waals surface area contributed by atoms with Gasteiger partial charge < -0.3 is 5.11 Å². The Morgan fingerprint density at radius 3 is 2.85 bits per heavy atom. The summed E-state index contributed by atoms with van der Waals surface area (Å²) >= 11 is 0. The lowest BCUT2D eigenvalue weighted by Gasteiger charge is -1.99. The molecule has 1 N–H and O–H groups in total. The highest BCUT2D eigenvalue weighted by Crippen LogP contribution is 2.10. The molecule has 0 heterocycles. The van der Waals surface area contributed by atoms with Gasteiger partial charge in [0.1, 0.15) is 5.82 Å². The topological polar surface area (TPSA) is 61.1 Å². The summed E-state index contributed by atoms with van der Waals surface area (Å²) in [6.07, 6.45) is -0.118. The summed E-state index contributed by atoms with van der Waals surface area (Å²) < 4.78 is 12.9. The van der Waals surface area contributed by atoms with E-state index in [1.54, 1.807) is 6.07 Å². The fourth-order valence-electron chi connectivity index (χ4n) is 0.928. The van der Waals surface area contributed by atoms with Crippen LogP contribution >= 0.6 is 0 Å². The number of benzene rings is 1. The number of carbonyl (C=O) groups is 1. The molecule has 0 aliphatic carbocycles. The molecule has 0 amide bonds. The van der Waals surface area contributed by atoms with Crippen LogP contribution in [0, 0.1) is 17.1 Å². The predicted octanol–water partition coefficient (Wildman–Crippen LogP) is 1.59. The highest BCUT2D eigenvalue weighted by atomic mass is 19.1. The normalized spacial score (nSPS) is 9.23. The monoisotopic (exact) mass is 179 g/mol. The van der Waals surface area contributed by atoms with Gasteiger partial charge in [-0.15, -0.1) is 0 Å². The average Bonchev–Trinajstić information content (AvgIpc) is 2.08. The second-order valence-corrected chi connectivity index (χ2v) is 2.45. The van der Waals surface area contributed by atoms with Crippen molar-refractivity contribution in [1.29, 1.82) is 5.26 Å². The maximum atomic E-state index is 12.9. The molecule has 0 spiro atoms. The van der Waals surface area contributed by atoms with Crippen molar-refractivity contribution in [2.75, 3.05) is 0 Å². The first-order valence-corrected chi connectivity index (χ1v) is 3.54. The van der Waals surface area contributed by atoms with Gasteiger partial charge in [0.05, 0.1) is 18.1 Å². The molecule has 0 aliphatic heterocycles. The fourth-order valence-corrected chi connectivity index (χ4v) is 0.928. The molecule has 0 bridgehead atoms. The van der Waals surface area contributed by atoms with Gasteiger partial charge in [-0.3, -0.25) is 0 Å². The Bertz CT molecular complexity index is 382. The number of nitriles is 1. The number of carboxylic acid groups (broad SMARTS) is 1. The van der Waals surface area contributed by atoms with Crippen molar-refractivity contribution < 1.29 is 14.3 Å². The third kappa shape index (κ3) is 2.03. The van der Waals surface area contributed by atoms with E-state index in [1.807, 2.05) is 0 Å². The van der Waals surface area contributed by atoms with Crippen LogP contribution in [0.25, 0.3) is 0 Å². The number of hydrogen-bond acceptors (Lipinski definition) is 2. The Kier molecular flexibility index (Phi) is 2.60. The highest BCUT2D eigenvalue weighted by molar-refractivity contribution is 5.87. The molecule has 3 nitrogen and oxygen atoms in total. The first-order chi connectivity index (χ1) is 6.15. The van der Waals surface area contributed by atoms with Gasteiger partial charge in [-0.2, -0.15) is 5.26 Å². The van der Waals surface area contributed by atoms with Crippen molar-refractivity contribution >= 4 is 5.97 Å². The van der Waals surface area contributed by atoms with Crippen molar-refractivity contribution in [1.82, 2.24) is 0 Å². The summed E-state index contributed by atoms with van der Waals surface area (Å²) in [6, 6.07) is 5.14. The lowest BCUT2D eigenvalue weighted by Crippen LogP contribution is -1.99. The van der Waals surface area contributed by atoms with E-state index in [0.717, 1.165) is 6.07 Å². The Morgan fingerprint density at radius 2 is 2.31 bits per heavy atom. The largest absolute Gasteiger partial charge is 0.478 e. The van der Waals surface area contributed by atoms with E-state index in [1.165, 1.54) is 12.1 Å². The molecule has 1 aromatic rings. The SMILES string of the molecule is N#CCc1cc(C(=O)O)ccc1F. The number of hydrogen-bond donors (Lipinski definition) is 1. The quantitative estimate of drug-likeness (QED) is 0.749. The average molecular weight is 179 g/mol. The number of rotatable bonds is 2. The molecular formula is C9H6FNO2. The van der Waals surface area contributed by atoms with Crippen molar-refractivity contribution in [3.05, 3.63) is 35.1 Å². The second-order valence-electron chi connectivity index (χ2n) is 2.45. The van der Waals surface area contributed by atoms with Gasteiger partial charge in [0.2, 0.25) is 0 Å². The first kappa shape index (κ1) is 9.20. The molecule has 0 atom stereocenters. The van der Waals surface area contributed by atoms with Crippen LogP contribution in [0.2, 0.25) is 0 Å². The predicted molar refractivity (Wildman–Crippen MR) is 42.7 cm³/mol. The zero-order chi connectivity index (χ0) is 9.84. The maximum absolute atomic E-state index is 12.9. The van der Waals surface area contributed by atoms with E-state index in [0.29, 0.717) is 0 Å². The molecule has 0 unspecified atom stereocenters. The Hall–Kier alpha value is -1.89. The summed E-state index contributed by atoms with van der Waals surface area (Å²) in [4.78, 5) is 10.5. The van der Waals surface area contributed by atoms with Gasteiger partial charge in [0.25, 0.3) is 0 Å². The molecular weight excluding hydrogens is 173 g/mol. The standard InChI is InChI=1S/C9H6FNO2/c10-8-2-1-7(9(12)13)5-6(8)3-4-11/h1-2,5H,3H2,(H,12,13). The van der Waals surface area contributed by atoms with Crippen LogP contribution in [0.3, 0.4) is 0 Å². The van der Waals surface area contributed by atoms with Gasteiger partial charge >= 0.3 is 5.97 Å². The molecule has 0 saturated carbocycles. The lowest BCUT2D eigenvalue weighted by molar-refractivity contribution is 0.0696. The van der Waals surface area contributed by atoms with Crippen molar-refractivity contribution in [2.24, 2.45) is 0 Å². The Balaban J connectivity index is 3.12. The minimum atomic E-state index is -1.13. The summed E-state index contributed by atoms with van der Waals surface area (Å²) in [5.41, 5.74) is 0.106. The molecule has 1 aromatic carbocycles. The third-order valence-electron chi connectivity index (χ3n) is 1.56. The van der Waals surface area contributed by atoms with Crippen molar-refractivity contribution in [3.63, 3.8) is 0 Å². The number of carboxylic acids is 1. The third-order valence-corrected chi connectivity index (χ3v) is 1.56. The summed E-state index contributed by atoms with van der Waals surface area (Å²) in [6.45, 7) is 0. The molecule has 66 valence electrons. The van der Waals surface area contributed by atoms with E-state index < -0.39 is 11.8 Å². The smallest absolute Gasteiger partial charge is 0.335 e. The van der Waals surface area contributed by atoms with Gasteiger partial charge in [0, 0.05) is 5.56 Å². The fraction of sp³-hybridized carbons (Fsp3) is 0.111. The van der Waals surface area contributed by atoms with Crippen LogP contribution in [0.5, 0.6) is 0 Å². The van der Waals surface area contributed by atoms with Gasteiger partial charge in [-0.1, -0.05) is 0 Å². The van der Waals surface area contributed by atoms with Gasteiger partial charge in [-0.25, -0.2) is 9.18 Å². The van der Waals surface area contributed by atoms with Crippen LogP contribution in [0.1, 0.15) is 15.9 Å². The minimum Gasteiger partial charge on any atom is -0.478 e. The number of nitrogens with zero attached hydrogens (tertiary/aromatic N) is 1. The Labute approximate surface area is 74.0 Å². The van der Waals surface area contributed by atoms with Crippen LogP contribution in [0.4, 0.5) is 4.39 Å². The molecule has 0 fully saturated rings. The minimum absolute atomic E-state index is 0.00773. The van der Waals surface area contributed by atoms with E-state index in [2.05, 4.69) is 0 Å². The van der Waals surface area contributed by atoms with Crippen LogP contribution in [-0.2, 0) is 6.42 Å². The zero-order valence-electron chi connectivity index (χ0n) is 6.62. The van der Waals surface area contributed by atoms with Crippen LogP contribution in [0.15, 0.2) is 18.2 Å². The Morgan fingerprint density at radius 1 is 1.62 bits per heavy atom. The van der Waals surface area contributed by atoms with E-state index in [9.17, 15) is 9.18 Å². The molecule has 0 aromatic heterocycles. The van der Waals surface area contributed by atoms with E-state index in [4.69, 9.17) is 10.4 Å². The zero-order valence-corrected chi connectivity index (χ0v) is 6.62. The van der Waals surface area contributed by atoms with Gasteiger partial charge in [-0.05, 0) is 18.2 Å². The lowest BCUT2D eigenvalue weighted by atomic mass is 10.1. The summed E-state index contributed by atoms with van der Waals surface area (Å²) in [5, 5.41) is 16.9. The summed E-state index contributed by atoms with van der Waals surface area (Å²) in [7, 11) is 0. The van der Waals surface area contributed by atoms with E-state index in [-0.39, 0.29) is 17.5 Å². The molecule has 4 heteroatoms. The summed E-state index contributed by atoms with van der Waals surface area (Å²) in [5.74, 6) is -1.68. The van der Waals surface area contributed by atoms with Crippen LogP contribution in [-0.4, -0.2) is 11.1 Å².